The number of nitrogens with zero attached hydrogens (tertiary/aromatic N) is 3. The molecule has 0 atom stereocenters. The Labute approximate surface area is 128 Å². The molecule has 2 heterocycles. The Kier molecular flexibility index (Phi) is 3.96. The summed E-state index contributed by atoms with van der Waals surface area (Å²) in [5.41, 5.74) is 7.58. The molecular formula is C15H19N5S. The van der Waals surface area contributed by atoms with E-state index < -0.39 is 0 Å². The molecule has 0 bridgehead atoms. The molecule has 0 amide bonds. The molecule has 0 spiro atoms. The third kappa shape index (κ3) is 2.81. The molecular weight excluding hydrogens is 282 g/mol. The van der Waals surface area contributed by atoms with E-state index in [1.165, 1.54) is 19.3 Å². The Bertz CT molecular complexity index is 677. The van der Waals surface area contributed by atoms with Gasteiger partial charge in [0.05, 0.1) is 0 Å². The Morgan fingerprint density at radius 1 is 1.29 bits per heavy atom. The molecule has 0 saturated carbocycles. The molecule has 1 aliphatic rings. The topological polar surface area (TPSA) is 80.6 Å². The van der Waals surface area contributed by atoms with Crippen molar-refractivity contribution in [2.75, 3.05) is 0 Å². The standard InChI is InChI=1S/C15H19N5S/c1-10-6-5-7-11(14(16)17)13(10)21-15-19-18-12-8-3-2-4-9-20(12)15/h5-7H,2-4,8-9H2,1H3,(H3,16,17). The molecule has 2 aromatic rings. The molecule has 3 rings (SSSR count). The summed E-state index contributed by atoms with van der Waals surface area (Å²) in [7, 11) is 0. The van der Waals surface area contributed by atoms with Gasteiger partial charge >= 0.3 is 0 Å². The number of nitrogens with two attached hydrogens (primary N) is 1. The summed E-state index contributed by atoms with van der Waals surface area (Å²) in [5.74, 6) is 1.17. The lowest BCUT2D eigenvalue weighted by molar-refractivity contribution is 0.591. The van der Waals surface area contributed by atoms with Crippen molar-refractivity contribution >= 4 is 17.6 Å². The first-order chi connectivity index (χ1) is 10.2. The molecule has 1 aromatic heterocycles. The van der Waals surface area contributed by atoms with E-state index in [0.29, 0.717) is 0 Å². The van der Waals surface area contributed by atoms with Crippen molar-refractivity contribution in [1.82, 2.24) is 14.8 Å². The van der Waals surface area contributed by atoms with Gasteiger partial charge in [0, 0.05) is 23.4 Å². The minimum Gasteiger partial charge on any atom is -0.384 e. The van der Waals surface area contributed by atoms with Gasteiger partial charge in [0.1, 0.15) is 11.7 Å². The fourth-order valence-corrected chi connectivity index (χ4v) is 3.71. The number of hydrogen-bond donors (Lipinski definition) is 2. The van der Waals surface area contributed by atoms with E-state index in [1.54, 1.807) is 11.8 Å². The van der Waals surface area contributed by atoms with Gasteiger partial charge in [-0.3, -0.25) is 5.41 Å². The van der Waals surface area contributed by atoms with Crippen molar-refractivity contribution in [1.29, 1.82) is 5.41 Å². The summed E-state index contributed by atoms with van der Waals surface area (Å²) < 4.78 is 2.22. The maximum absolute atomic E-state index is 7.75. The van der Waals surface area contributed by atoms with E-state index in [4.69, 9.17) is 11.1 Å². The van der Waals surface area contributed by atoms with Crippen LogP contribution in [-0.2, 0) is 13.0 Å². The summed E-state index contributed by atoms with van der Waals surface area (Å²) in [6.45, 7) is 3.01. The molecule has 1 aliphatic heterocycles. The first-order valence-electron chi connectivity index (χ1n) is 7.21. The second-order valence-electron chi connectivity index (χ2n) is 5.33. The number of hydrogen-bond acceptors (Lipinski definition) is 4. The highest BCUT2D eigenvalue weighted by Crippen LogP contribution is 2.33. The van der Waals surface area contributed by atoms with Gasteiger partial charge in [-0.2, -0.15) is 0 Å². The van der Waals surface area contributed by atoms with E-state index in [2.05, 4.69) is 14.8 Å². The number of rotatable bonds is 3. The highest BCUT2D eigenvalue weighted by atomic mass is 32.2. The quantitative estimate of drug-likeness (QED) is 0.675. The molecule has 3 N–H and O–H groups in total. The zero-order valence-corrected chi connectivity index (χ0v) is 12.9. The van der Waals surface area contributed by atoms with Gasteiger partial charge in [-0.1, -0.05) is 24.6 Å². The molecule has 5 nitrogen and oxygen atoms in total. The lowest BCUT2D eigenvalue weighted by atomic mass is 10.1. The normalized spacial score (nSPS) is 14.5. The van der Waals surface area contributed by atoms with Gasteiger partial charge in [0.25, 0.3) is 0 Å². The third-order valence-corrected chi connectivity index (χ3v) is 5.00. The Balaban J connectivity index is 1.98. The number of fused-ring (bicyclic) bond motifs is 1. The van der Waals surface area contributed by atoms with Gasteiger partial charge in [0.2, 0.25) is 0 Å². The predicted octanol–water partition coefficient (Wildman–Crippen LogP) is 2.75. The van der Waals surface area contributed by atoms with Crippen LogP contribution in [0.3, 0.4) is 0 Å². The maximum atomic E-state index is 7.75. The van der Waals surface area contributed by atoms with E-state index in [1.807, 2.05) is 25.1 Å². The smallest absolute Gasteiger partial charge is 0.196 e. The highest BCUT2D eigenvalue weighted by Gasteiger charge is 2.18. The van der Waals surface area contributed by atoms with Gasteiger partial charge in [-0.25, -0.2) is 0 Å². The molecule has 110 valence electrons. The molecule has 0 radical (unpaired) electrons. The van der Waals surface area contributed by atoms with E-state index in [0.717, 1.165) is 40.0 Å². The Morgan fingerprint density at radius 3 is 2.95 bits per heavy atom. The number of nitrogens with one attached hydrogen (secondary N) is 1. The van der Waals surface area contributed by atoms with Crippen molar-refractivity contribution in [3.63, 3.8) is 0 Å². The van der Waals surface area contributed by atoms with Crippen LogP contribution >= 0.6 is 11.8 Å². The number of nitrogen functional groups attached to an aromatic ring is 1. The van der Waals surface area contributed by atoms with Crippen LogP contribution in [0.2, 0.25) is 0 Å². The predicted molar refractivity (Wildman–Crippen MR) is 83.9 cm³/mol. The molecule has 0 aliphatic carbocycles. The van der Waals surface area contributed by atoms with Crippen LogP contribution in [-0.4, -0.2) is 20.6 Å². The van der Waals surface area contributed by atoms with Gasteiger partial charge in [-0.05, 0) is 37.1 Å². The molecule has 1 aromatic carbocycles. The van der Waals surface area contributed by atoms with Crippen LogP contribution in [0.1, 0.15) is 36.2 Å². The average Bonchev–Trinajstić information content (AvgIpc) is 2.69. The Morgan fingerprint density at radius 2 is 2.14 bits per heavy atom. The second kappa shape index (κ2) is 5.89. The highest BCUT2D eigenvalue weighted by molar-refractivity contribution is 7.99. The summed E-state index contributed by atoms with van der Waals surface area (Å²) in [6, 6.07) is 5.85. The SMILES string of the molecule is Cc1cccc(C(=N)N)c1Sc1nnc2n1CCCCC2. The second-order valence-corrected chi connectivity index (χ2v) is 6.31. The minimum atomic E-state index is 0.0943. The van der Waals surface area contributed by atoms with Crippen LogP contribution in [0.5, 0.6) is 0 Å². The molecule has 21 heavy (non-hydrogen) atoms. The van der Waals surface area contributed by atoms with Crippen LogP contribution in [0.15, 0.2) is 28.3 Å². The molecule has 0 saturated heterocycles. The monoisotopic (exact) mass is 301 g/mol. The first-order valence-corrected chi connectivity index (χ1v) is 8.02. The maximum Gasteiger partial charge on any atom is 0.196 e. The van der Waals surface area contributed by atoms with E-state index >= 15 is 0 Å². The van der Waals surface area contributed by atoms with Gasteiger partial charge in [0.15, 0.2) is 5.16 Å². The minimum absolute atomic E-state index is 0.0943. The third-order valence-electron chi connectivity index (χ3n) is 3.77. The van der Waals surface area contributed by atoms with Gasteiger partial charge in [-0.15, -0.1) is 10.2 Å². The summed E-state index contributed by atoms with van der Waals surface area (Å²) in [4.78, 5) is 1.00. The van der Waals surface area contributed by atoms with Crippen LogP contribution < -0.4 is 5.73 Å². The lowest BCUT2D eigenvalue weighted by Crippen LogP contribution is -2.13. The first kappa shape index (κ1) is 14.1. The fraction of sp³-hybridized carbons (Fsp3) is 0.400. The average molecular weight is 301 g/mol. The number of amidine groups is 1. The number of aromatic nitrogens is 3. The largest absolute Gasteiger partial charge is 0.384 e. The van der Waals surface area contributed by atoms with Crippen molar-refractivity contribution in [3.8, 4) is 0 Å². The number of benzene rings is 1. The van der Waals surface area contributed by atoms with E-state index in [-0.39, 0.29) is 5.84 Å². The van der Waals surface area contributed by atoms with Crippen LogP contribution in [0.4, 0.5) is 0 Å². The zero-order chi connectivity index (χ0) is 14.8. The summed E-state index contributed by atoms with van der Waals surface area (Å²) >= 11 is 1.57. The molecule has 0 fully saturated rings. The van der Waals surface area contributed by atoms with Crippen molar-refractivity contribution in [3.05, 3.63) is 35.2 Å². The summed E-state index contributed by atoms with van der Waals surface area (Å²) in [6.07, 6.45) is 4.61. The van der Waals surface area contributed by atoms with Crippen molar-refractivity contribution in [2.24, 2.45) is 5.73 Å². The Hall–Kier alpha value is -1.82. The molecule has 6 heteroatoms. The van der Waals surface area contributed by atoms with Gasteiger partial charge < -0.3 is 10.3 Å². The lowest BCUT2D eigenvalue weighted by Gasteiger charge is -2.11. The zero-order valence-electron chi connectivity index (χ0n) is 12.1. The van der Waals surface area contributed by atoms with Crippen LogP contribution in [0.25, 0.3) is 0 Å². The van der Waals surface area contributed by atoms with Crippen LogP contribution in [0, 0.1) is 12.3 Å². The van der Waals surface area contributed by atoms with Crippen molar-refractivity contribution < 1.29 is 0 Å². The fourth-order valence-electron chi connectivity index (χ4n) is 2.63. The van der Waals surface area contributed by atoms with E-state index in [9.17, 15) is 0 Å². The molecule has 0 unspecified atom stereocenters. The van der Waals surface area contributed by atoms with Crippen molar-refractivity contribution in [2.45, 2.75) is 49.2 Å². The number of aryl methyl sites for hydroxylation is 2. The summed E-state index contributed by atoms with van der Waals surface area (Å²) in [5, 5.41) is 17.3.